The number of alkyl carbamates (subject to hydrolysis) is 1. The number of carbonyl (C=O) groups excluding carboxylic acids is 1. The molecule has 1 fully saturated rings. The minimum atomic E-state index is -0.411. The van der Waals surface area contributed by atoms with Gasteiger partial charge in [0, 0.05) is 24.9 Å². The van der Waals surface area contributed by atoms with E-state index >= 15 is 0 Å². The van der Waals surface area contributed by atoms with Gasteiger partial charge in [-0.3, -0.25) is 4.68 Å². The lowest BCUT2D eigenvalue weighted by Gasteiger charge is -2.15. The number of carbonyl (C=O) groups is 1. The van der Waals surface area contributed by atoms with Gasteiger partial charge in [0.05, 0.1) is 18.3 Å². The van der Waals surface area contributed by atoms with Crippen LogP contribution in [0.3, 0.4) is 0 Å². The molecule has 0 aromatic carbocycles. The van der Waals surface area contributed by atoms with Crippen molar-refractivity contribution < 1.29 is 14.3 Å². The van der Waals surface area contributed by atoms with Crippen LogP contribution >= 0.6 is 0 Å². The van der Waals surface area contributed by atoms with E-state index in [-0.39, 0.29) is 12.1 Å². The second-order valence-corrected chi connectivity index (χ2v) is 4.91. The van der Waals surface area contributed by atoms with Gasteiger partial charge >= 0.3 is 6.09 Å². The zero-order chi connectivity index (χ0) is 13.8. The Morgan fingerprint density at radius 1 is 1.74 bits per heavy atom. The van der Waals surface area contributed by atoms with Crippen molar-refractivity contribution in [1.29, 1.82) is 0 Å². The van der Waals surface area contributed by atoms with Crippen LogP contribution in [0.4, 0.5) is 4.79 Å². The molecular formula is C13H21N3O3. The monoisotopic (exact) mass is 267 g/mol. The Bertz CT molecular complexity index is 438. The molecule has 2 atom stereocenters. The summed E-state index contributed by atoms with van der Waals surface area (Å²) in [4.78, 5) is 11.7. The van der Waals surface area contributed by atoms with Crippen LogP contribution in [0, 0.1) is 6.92 Å². The Labute approximate surface area is 113 Å². The van der Waals surface area contributed by atoms with Crippen molar-refractivity contribution in [2.24, 2.45) is 7.05 Å². The highest BCUT2D eigenvalue weighted by Crippen LogP contribution is 2.16. The number of nitrogens with zero attached hydrogens (tertiary/aromatic N) is 2. The fraction of sp³-hybridized carbons (Fsp3) is 0.692. The van der Waals surface area contributed by atoms with Gasteiger partial charge in [0.1, 0.15) is 6.61 Å². The van der Waals surface area contributed by atoms with E-state index in [1.54, 1.807) is 10.9 Å². The maximum absolute atomic E-state index is 11.7. The van der Waals surface area contributed by atoms with E-state index in [0.29, 0.717) is 6.61 Å². The molecule has 1 N–H and O–H groups in total. The maximum Gasteiger partial charge on any atom is 0.407 e. The van der Waals surface area contributed by atoms with Gasteiger partial charge in [-0.15, -0.1) is 0 Å². The molecule has 106 valence electrons. The molecule has 1 aromatic rings. The summed E-state index contributed by atoms with van der Waals surface area (Å²) in [5, 5.41) is 6.96. The maximum atomic E-state index is 11.7. The number of hydrogen-bond donors (Lipinski definition) is 1. The summed E-state index contributed by atoms with van der Waals surface area (Å²) in [6.07, 6.45) is 3.42. The van der Waals surface area contributed by atoms with E-state index < -0.39 is 6.09 Å². The standard InChI is InChI=1S/C13H21N3O3/c1-9(12-7-14-16(3)10(12)2)15-13(17)19-8-11-5-4-6-18-11/h7,9,11H,4-6,8H2,1-3H3,(H,15,17)/t9-,11+/m0/s1. The topological polar surface area (TPSA) is 65.4 Å². The number of hydrogen-bond acceptors (Lipinski definition) is 4. The van der Waals surface area contributed by atoms with E-state index in [1.165, 1.54) is 0 Å². The summed E-state index contributed by atoms with van der Waals surface area (Å²) in [6, 6.07) is -0.120. The van der Waals surface area contributed by atoms with Crippen LogP contribution in [0.2, 0.25) is 0 Å². The minimum Gasteiger partial charge on any atom is -0.447 e. The predicted octanol–water partition coefficient (Wildman–Crippen LogP) is 1.69. The molecule has 0 unspecified atom stereocenters. The largest absolute Gasteiger partial charge is 0.447 e. The first-order chi connectivity index (χ1) is 9.08. The summed E-state index contributed by atoms with van der Waals surface area (Å²) in [5.41, 5.74) is 2.03. The van der Waals surface area contributed by atoms with Gasteiger partial charge in [-0.05, 0) is 26.7 Å². The fourth-order valence-corrected chi connectivity index (χ4v) is 2.18. The van der Waals surface area contributed by atoms with Crippen LogP contribution in [0.15, 0.2) is 6.20 Å². The molecule has 6 nitrogen and oxygen atoms in total. The average molecular weight is 267 g/mol. The quantitative estimate of drug-likeness (QED) is 0.901. The lowest BCUT2D eigenvalue weighted by molar-refractivity contribution is 0.0430. The van der Waals surface area contributed by atoms with E-state index in [2.05, 4.69) is 10.4 Å². The fourth-order valence-electron chi connectivity index (χ4n) is 2.18. The normalized spacial score (nSPS) is 20.3. The molecule has 6 heteroatoms. The summed E-state index contributed by atoms with van der Waals surface area (Å²) in [5.74, 6) is 0. The first kappa shape index (κ1) is 13.9. The molecule has 2 rings (SSSR count). The second-order valence-electron chi connectivity index (χ2n) is 4.91. The number of ether oxygens (including phenoxy) is 2. The highest BCUT2D eigenvalue weighted by atomic mass is 16.6. The van der Waals surface area contributed by atoms with E-state index in [9.17, 15) is 4.79 Å². The van der Waals surface area contributed by atoms with Crippen molar-refractivity contribution in [2.75, 3.05) is 13.2 Å². The van der Waals surface area contributed by atoms with Gasteiger partial charge in [0.15, 0.2) is 0 Å². The summed E-state index contributed by atoms with van der Waals surface area (Å²) < 4.78 is 12.3. The third-order valence-electron chi connectivity index (χ3n) is 3.50. The Balaban J connectivity index is 1.79. The van der Waals surface area contributed by atoms with E-state index in [0.717, 1.165) is 30.7 Å². The molecule has 2 heterocycles. The molecule has 0 bridgehead atoms. The molecule has 1 saturated heterocycles. The zero-order valence-corrected chi connectivity index (χ0v) is 11.7. The summed E-state index contributed by atoms with van der Waals surface area (Å²) in [7, 11) is 1.88. The predicted molar refractivity (Wildman–Crippen MR) is 69.8 cm³/mol. The van der Waals surface area contributed by atoms with Crippen LogP contribution in [0.5, 0.6) is 0 Å². The van der Waals surface area contributed by atoms with Gasteiger partial charge in [0.2, 0.25) is 0 Å². The lowest BCUT2D eigenvalue weighted by atomic mass is 10.1. The summed E-state index contributed by atoms with van der Waals surface area (Å²) in [6.45, 7) is 4.97. The van der Waals surface area contributed by atoms with Crippen LogP contribution in [-0.2, 0) is 16.5 Å². The van der Waals surface area contributed by atoms with Crippen molar-refractivity contribution in [3.63, 3.8) is 0 Å². The molecule has 1 amide bonds. The van der Waals surface area contributed by atoms with E-state index in [4.69, 9.17) is 9.47 Å². The van der Waals surface area contributed by atoms with Crippen LogP contribution in [-0.4, -0.2) is 35.2 Å². The highest BCUT2D eigenvalue weighted by Gasteiger charge is 2.19. The second kappa shape index (κ2) is 6.06. The van der Waals surface area contributed by atoms with Crippen molar-refractivity contribution in [3.8, 4) is 0 Å². The third kappa shape index (κ3) is 3.47. The first-order valence-corrected chi connectivity index (χ1v) is 6.61. The lowest BCUT2D eigenvalue weighted by Crippen LogP contribution is -2.30. The van der Waals surface area contributed by atoms with Gasteiger partial charge in [-0.2, -0.15) is 5.10 Å². The van der Waals surface area contributed by atoms with Gasteiger partial charge in [0.25, 0.3) is 0 Å². The Morgan fingerprint density at radius 2 is 2.53 bits per heavy atom. The number of rotatable bonds is 4. The summed E-state index contributed by atoms with van der Waals surface area (Å²) >= 11 is 0. The van der Waals surface area contributed by atoms with E-state index in [1.807, 2.05) is 20.9 Å². The molecule has 0 radical (unpaired) electrons. The van der Waals surface area contributed by atoms with Crippen LogP contribution < -0.4 is 5.32 Å². The SMILES string of the molecule is Cc1c([C@H](C)NC(=O)OC[C@H]2CCCO2)cnn1C. The molecule has 1 aliphatic heterocycles. The van der Waals surface area contributed by atoms with Crippen molar-refractivity contribution >= 4 is 6.09 Å². The Morgan fingerprint density at radius 3 is 3.11 bits per heavy atom. The third-order valence-corrected chi connectivity index (χ3v) is 3.50. The minimum absolute atomic E-state index is 0.0567. The van der Waals surface area contributed by atoms with Gasteiger partial charge in [-0.25, -0.2) is 4.79 Å². The molecule has 0 spiro atoms. The number of nitrogens with one attached hydrogen (secondary N) is 1. The van der Waals surface area contributed by atoms with Gasteiger partial charge in [-0.1, -0.05) is 0 Å². The smallest absolute Gasteiger partial charge is 0.407 e. The highest BCUT2D eigenvalue weighted by molar-refractivity contribution is 5.67. The Hall–Kier alpha value is -1.56. The number of amides is 1. The average Bonchev–Trinajstić information content (AvgIpc) is 2.98. The molecule has 1 aromatic heterocycles. The van der Waals surface area contributed by atoms with Crippen LogP contribution in [0.1, 0.15) is 37.1 Å². The van der Waals surface area contributed by atoms with Crippen molar-refractivity contribution in [2.45, 2.75) is 38.8 Å². The molecule has 1 aliphatic rings. The number of aromatic nitrogens is 2. The molecule has 0 saturated carbocycles. The zero-order valence-electron chi connectivity index (χ0n) is 11.7. The number of aryl methyl sites for hydroxylation is 1. The van der Waals surface area contributed by atoms with Gasteiger partial charge < -0.3 is 14.8 Å². The van der Waals surface area contributed by atoms with Crippen molar-refractivity contribution in [1.82, 2.24) is 15.1 Å². The molecule has 19 heavy (non-hydrogen) atoms. The Kier molecular flexibility index (Phi) is 4.42. The molecular weight excluding hydrogens is 246 g/mol. The van der Waals surface area contributed by atoms with Crippen LogP contribution in [0.25, 0.3) is 0 Å². The molecule has 0 aliphatic carbocycles. The first-order valence-electron chi connectivity index (χ1n) is 6.61. The van der Waals surface area contributed by atoms with Crippen molar-refractivity contribution in [3.05, 3.63) is 17.5 Å².